The van der Waals surface area contributed by atoms with Gasteiger partial charge >= 0.3 is 0 Å². The van der Waals surface area contributed by atoms with Crippen LogP contribution >= 0.6 is 0 Å². The van der Waals surface area contributed by atoms with E-state index in [1.54, 1.807) is 0 Å². The summed E-state index contributed by atoms with van der Waals surface area (Å²) in [5.41, 5.74) is 2.21. The lowest BCUT2D eigenvalue weighted by molar-refractivity contribution is 0.0958. The molecule has 0 aliphatic rings. The lowest BCUT2D eigenvalue weighted by atomic mass is 10.1. The Bertz CT molecular complexity index is 540. The molecule has 0 radical (unpaired) electrons. The van der Waals surface area contributed by atoms with Crippen LogP contribution in [0.4, 0.5) is 0 Å². The highest BCUT2D eigenvalue weighted by Crippen LogP contribution is 2.20. The fourth-order valence-electron chi connectivity index (χ4n) is 1.48. The molecular formula is C13H13NO2. The van der Waals surface area contributed by atoms with Crippen molar-refractivity contribution < 1.29 is 9.21 Å². The monoisotopic (exact) mass is 215 g/mol. The lowest BCUT2D eigenvalue weighted by Crippen LogP contribution is -2.24. The number of carbonyl (C=O) groups is 1. The number of nitrogens with one attached hydrogen (secondary N) is 1. The Kier molecular flexibility index (Phi) is 2.77. The van der Waals surface area contributed by atoms with Gasteiger partial charge in [0.25, 0.3) is 5.91 Å². The third-order valence-electron chi connectivity index (χ3n) is 2.28. The number of hydrogen-bond donors (Lipinski definition) is 1. The van der Waals surface area contributed by atoms with Crippen LogP contribution in [0.15, 0.2) is 47.1 Å². The molecule has 3 heteroatoms. The normalized spacial score (nSPS) is 10.3. The first-order chi connectivity index (χ1) is 7.68. The average Bonchev–Trinajstić information content (AvgIpc) is 2.69. The average molecular weight is 215 g/mol. The maximum absolute atomic E-state index is 11.8. The Morgan fingerprint density at radius 2 is 2.19 bits per heavy atom. The Hall–Kier alpha value is -2.03. The first kappa shape index (κ1) is 10.5. The second-order valence-electron chi connectivity index (χ2n) is 3.79. The Morgan fingerprint density at radius 1 is 1.44 bits per heavy atom. The Morgan fingerprint density at radius 3 is 2.94 bits per heavy atom. The van der Waals surface area contributed by atoms with E-state index in [-0.39, 0.29) is 5.91 Å². The molecule has 82 valence electrons. The second-order valence-corrected chi connectivity index (χ2v) is 3.79. The molecule has 0 bridgehead atoms. The van der Waals surface area contributed by atoms with Gasteiger partial charge < -0.3 is 9.73 Å². The van der Waals surface area contributed by atoms with Crippen molar-refractivity contribution in [2.75, 3.05) is 6.54 Å². The number of fused-ring (bicyclic) bond motifs is 1. The molecular weight excluding hydrogens is 202 g/mol. The van der Waals surface area contributed by atoms with Gasteiger partial charge in [-0.25, -0.2) is 0 Å². The van der Waals surface area contributed by atoms with Crippen LogP contribution in [0.1, 0.15) is 17.3 Å². The minimum absolute atomic E-state index is 0.132. The fraction of sp³-hybridized carbons (Fsp3) is 0.154. The van der Waals surface area contributed by atoms with Crippen LogP contribution in [0, 0.1) is 0 Å². The molecule has 3 nitrogen and oxygen atoms in total. The van der Waals surface area contributed by atoms with E-state index >= 15 is 0 Å². The SMILES string of the molecule is C=C(C)CNC(=O)c1coc2ccccc12. The van der Waals surface area contributed by atoms with Crippen molar-refractivity contribution in [1.29, 1.82) is 0 Å². The number of amides is 1. The van der Waals surface area contributed by atoms with Crippen molar-refractivity contribution >= 4 is 16.9 Å². The smallest absolute Gasteiger partial charge is 0.255 e. The number of rotatable bonds is 3. The van der Waals surface area contributed by atoms with E-state index in [0.29, 0.717) is 12.1 Å². The molecule has 1 aromatic carbocycles. The number of para-hydroxylation sites is 1. The number of carbonyl (C=O) groups excluding carboxylic acids is 1. The summed E-state index contributed by atoms with van der Waals surface area (Å²) in [5.74, 6) is -0.132. The van der Waals surface area contributed by atoms with E-state index in [9.17, 15) is 4.79 Å². The summed E-state index contributed by atoms with van der Waals surface area (Å²) in [4.78, 5) is 11.8. The van der Waals surface area contributed by atoms with Gasteiger partial charge in [-0.3, -0.25) is 4.79 Å². The van der Waals surface area contributed by atoms with E-state index in [0.717, 1.165) is 16.5 Å². The zero-order chi connectivity index (χ0) is 11.5. The fourth-order valence-corrected chi connectivity index (χ4v) is 1.48. The van der Waals surface area contributed by atoms with Crippen molar-refractivity contribution in [3.8, 4) is 0 Å². The van der Waals surface area contributed by atoms with E-state index in [1.807, 2.05) is 31.2 Å². The molecule has 0 aliphatic carbocycles. The van der Waals surface area contributed by atoms with Crippen LogP contribution in [0.2, 0.25) is 0 Å². The van der Waals surface area contributed by atoms with Gasteiger partial charge in [0, 0.05) is 11.9 Å². The van der Waals surface area contributed by atoms with Crippen LogP contribution in [0.3, 0.4) is 0 Å². The first-order valence-electron chi connectivity index (χ1n) is 5.07. The van der Waals surface area contributed by atoms with Gasteiger partial charge in [0.2, 0.25) is 0 Å². The second kappa shape index (κ2) is 4.23. The summed E-state index contributed by atoms with van der Waals surface area (Å²) in [6, 6.07) is 7.47. The Balaban J connectivity index is 2.26. The van der Waals surface area contributed by atoms with Gasteiger partial charge in [0.15, 0.2) is 0 Å². The van der Waals surface area contributed by atoms with Gasteiger partial charge in [-0.1, -0.05) is 30.4 Å². The predicted octanol–water partition coefficient (Wildman–Crippen LogP) is 2.74. The molecule has 0 unspecified atom stereocenters. The highest BCUT2D eigenvalue weighted by atomic mass is 16.3. The van der Waals surface area contributed by atoms with Gasteiger partial charge in [-0.15, -0.1) is 0 Å². The van der Waals surface area contributed by atoms with Crippen LogP contribution in [-0.2, 0) is 0 Å². The van der Waals surface area contributed by atoms with E-state index in [4.69, 9.17) is 4.42 Å². The zero-order valence-electron chi connectivity index (χ0n) is 9.12. The summed E-state index contributed by atoms with van der Waals surface area (Å²) in [5, 5.41) is 3.61. The minimum atomic E-state index is -0.132. The molecule has 1 N–H and O–H groups in total. The highest BCUT2D eigenvalue weighted by molar-refractivity contribution is 6.05. The number of furan rings is 1. The zero-order valence-corrected chi connectivity index (χ0v) is 9.12. The van der Waals surface area contributed by atoms with Crippen LogP contribution < -0.4 is 5.32 Å². The third kappa shape index (κ3) is 1.98. The largest absolute Gasteiger partial charge is 0.463 e. The molecule has 2 aromatic rings. The number of benzene rings is 1. The molecule has 2 rings (SSSR count). The minimum Gasteiger partial charge on any atom is -0.463 e. The first-order valence-corrected chi connectivity index (χ1v) is 5.07. The van der Waals surface area contributed by atoms with E-state index in [2.05, 4.69) is 11.9 Å². The summed E-state index contributed by atoms with van der Waals surface area (Å²) < 4.78 is 5.29. The summed E-state index contributed by atoms with van der Waals surface area (Å²) >= 11 is 0. The molecule has 0 spiro atoms. The van der Waals surface area contributed by atoms with Gasteiger partial charge in [-0.05, 0) is 13.0 Å². The number of hydrogen-bond acceptors (Lipinski definition) is 2. The maximum Gasteiger partial charge on any atom is 0.255 e. The van der Waals surface area contributed by atoms with Crippen LogP contribution in [0.5, 0.6) is 0 Å². The molecule has 0 aliphatic heterocycles. The predicted molar refractivity (Wildman–Crippen MR) is 63.4 cm³/mol. The van der Waals surface area contributed by atoms with Crippen molar-refractivity contribution in [1.82, 2.24) is 5.32 Å². The van der Waals surface area contributed by atoms with Gasteiger partial charge in [0.05, 0.1) is 5.56 Å². The Labute approximate surface area is 93.8 Å². The van der Waals surface area contributed by atoms with Crippen LogP contribution in [-0.4, -0.2) is 12.5 Å². The quantitative estimate of drug-likeness (QED) is 0.800. The summed E-state index contributed by atoms with van der Waals surface area (Å²) in [6.45, 7) is 6.09. The van der Waals surface area contributed by atoms with Gasteiger partial charge in [0.1, 0.15) is 11.8 Å². The molecule has 0 fully saturated rings. The maximum atomic E-state index is 11.8. The summed E-state index contributed by atoms with van der Waals surface area (Å²) in [6.07, 6.45) is 1.48. The highest BCUT2D eigenvalue weighted by Gasteiger charge is 2.12. The van der Waals surface area contributed by atoms with Gasteiger partial charge in [-0.2, -0.15) is 0 Å². The molecule has 0 saturated heterocycles. The molecule has 1 aromatic heterocycles. The summed E-state index contributed by atoms with van der Waals surface area (Å²) in [7, 11) is 0. The lowest BCUT2D eigenvalue weighted by Gasteiger charge is -2.02. The topological polar surface area (TPSA) is 42.2 Å². The third-order valence-corrected chi connectivity index (χ3v) is 2.28. The van der Waals surface area contributed by atoms with E-state index < -0.39 is 0 Å². The standard InChI is InChI=1S/C13H13NO2/c1-9(2)7-14-13(15)11-8-16-12-6-4-3-5-10(11)12/h3-6,8H,1,7H2,2H3,(H,14,15). The molecule has 0 atom stereocenters. The van der Waals surface area contributed by atoms with Crippen LogP contribution in [0.25, 0.3) is 11.0 Å². The van der Waals surface area contributed by atoms with E-state index in [1.165, 1.54) is 6.26 Å². The molecule has 1 amide bonds. The van der Waals surface area contributed by atoms with Crippen molar-refractivity contribution in [2.24, 2.45) is 0 Å². The van der Waals surface area contributed by atoms with Crippen molar-refractivity contribution in [2.45, 2.75) is 6.92 Å². The van der Waals surface area contributed by atoms with Crippen molar-refractivity contribution in [3.63, 3.8) is 0 Å². The molecule has 16 heavy (non-hydrogen) atoms. The van der Waals surface area contributed by atoms with Crippen molar-refractivity contribution in [3.05, 3.63) is 48.2 Å². The molecule has 1 heterocycles. The molecule has 0 saturated carbocycles.